The Balaban J connectivity index is 2.45. The Morgan fingerprint density at radius 1 is 1.23 bits per heavy atom. The summed E-state index contributed by atoms with van der Waals surface area (Å²) in [6.07, 6.45) is 1.21. The molecule has 0 radical (unpaired) electrons. The Kier molecular flexibility index (Phi) is 8.50. The van der Waals surface area contributed by atoms with Crippen LogP contribution in [0.15, 0.2) is 18.2 Å². The molecule has 0 aliphatic carbocycles. The molecule has 0 fully saturated rings. The van der Waals surface area contributed by atoms with E-state index < -0.39 is 5.97 Å². The Morgan fingerprint density at radius 3 is 2.68 bits per heavy atom. The van der Waals surface area contributed by atoms with E-state index in [9.17, 15) is 9.59 Å². The van der Waals surface area contributed by atoms with Crippen LogP contribution >= 0.6 is 11.6 Å². The fraction of sp³-hybridized carbons (Fsp3) is 0.467. The first-order valence-corrected chi connectivity index (χ1v) is 7.33. The van der Waals surface area contributed by atoms with E-state index in [0.29, 0.717) is 35.8 Å². The van der Waals surface area contributed by atoms with E-state index >= 15 is 0 Å². The summed E-state index contributed by atoms with van der Waals surface area (Å²) >= 11 is 6.01. The number of rotatable bonds is 9. The second-order valence-electron chi connectivity index (χ2n) is 4.58. The molecule has 0 spiro atoms. The van der Waals surface area contributed by atoms with Gasteiger partial charge in [0.15, 0.2) is 0 Å². The number of hydrogen-bond acceptors (Lipinski definition) is 5. The molecule has 0 aliphatic rings. The van der Waals surface area contributed by atoms with Crippen LogP contribution in [0.4, 0.5) is 5.69 Å². The lowest BCUT2D eigenvalue weighted by Crippen LogP contribution is -2.23. The molecule has 22 heavy (non-hydrogen) atoms. The third-order valence-corrected chi connectivity index (χ3v) is 3.22. The number of benzene rings is 1. The highest BCUT2D eigenvalue weighted by Gasteiger charge is 2.11. The second kappa shape index (κ2) is 10.2. The van der Waals surface area contributed by atoms with Gasteiger partial charge in [0.05, 0.1) is 23.4 Å². The Hall–Kier alpha value is -1.63. The van der Waals surface area contributed by atoms with Gasteiger partial charge in [0.1, 0.15) is 0 Å². The van der Waals surface area contributed by atoms with Crippen molar-refractivity contribution in [1.82, 2.24) is 5.32 Å². The molecule has 122 valence electrons. The van der Waals surface area contributed by atoms with Gasteiger partial charge in [0, 0.05) is 26.7 Å². The standard InChI is InChI=1S/C15H21ClN2O4/c1-21-9-3-7-17-8-6-14(19)18-13-10-11(15(20)22-2)4-5-12(13)16/h4-5,10,17H,3,6-9H2,1-2H3,(H,18,19). The zero-order valence-electron chi connectivity index (χ0n) is 12.8. The topological polar surface area (TPSA) is 76.7 Å². The summed E-state index contributed by atoms with van der Waals surface area (Å²) in [4.78, 5) is 23.3. The molecular formula is C15H21ClN2O4. The molecule has 0 atom stereocenters. The zero-order chi connectivity index (χ0) is 16.4. The number of halogens is 1. The monoisotopic (exact) mass is 328 g/mol. The van der Waals surface area contributed by atoms with Crippen LogP contribution < -0.4 is 10.6 Å². The largest absolute Gasteiger partial charge is 0.465 e. The van der Waals surface area contributed by atoms with E-state index in [1.807, 2.05) is 0 Å². The van der Waals surface area contributed by atoms with Crippen LogP contribution in [0.5, 0.6) is 0 Å². The zero-order valence-corrected chi connectivity index (χ0v) is 13.5. The van der Waals surface area contributed by atoms with E-state index in [1.54, 1.807) is 19.2 Å². The van der Waals surface area contributed by atoms with Gasteiger partial charge >= 0.3 is 5.97 Å². The number of amides is 1. The molecule has 0 saturated carbocycles. The quantitative estimate of drug-likeness (QED) is 0.536. The summed E-state index contributed by atoms with van der Waals surface area (Å²) in [5.41, 5.74) is 0.730. The highest BCUT2D eigenvalue weighted by Crippen LogP contribution is 2.23. The Morgan fingerprint density at radius 2 is 2.00 bits per heavy atom. The Bertz CT molecular complexity index is 508. The van der Waals surface area contributed by atoms with Crippen molar-refractivity contribution in [2.45, 2.75) is 12.8 Å². The molecule has 7 heteroatoms. The molecule has 1 aromatic carbocycles. The van der Waals surface area contributed by atoms with Gasteiger partial charge in [0.25, 0.3) is 0 Å². The van der Waals surface area contributed by atoms with Crippen LogP contribution in [0.2, 0.25) is 5.02 Å². The fourth-order valence-corrected chi connectivity index (χ4v) is 1.91. The van der Waals surface area contributed by atoms with Crippen LogP contribution in [-0.4, -0.2) is 45.8 Å². The first-order chi connectivity index (χ1) is 10.6. The third-order valence-electron chi connectivity index (χ3n) is 2.89. The fourth-order valence-electron chi connectivity index (χ4n) is 1.75. The smallest absolute Gasteiger partial charge is 0.337 e. The minimum Gasteiger partial charge on any atom is -0.465 e. The number of hydrogen-bond donors (Lipinski definition) is 2. The molecule has 0 bridgehead atoms. The molecule has 2 N–H and O–H groups in total. The van der Waals surface area contributed by atoms with Gasteiger partial charge in [-0.05, 0) is 31.2 Å². The maximum atomic E-state index is 11.9. The number of carbonyl (C=O) groups is 2. The minimum absolute atomic E-state index is 0.178. The van der Waals surface area contributed by atoms with Crippen molar-refractivity contribution in [1.29, 1.82) is 0 Å². The van der Waals surface area contributed by atoms with Crippen molar-refractivity contribution in [3.8, 4) is 0 Å². The van der Waals surface area contributed by atoms with Gasteiger partial charge in [-0.1, -0.05) is 11.6 Å². The predicted molar refractivity (Wildman–Crippen MR) is 85.4 cm³/mol. The number of ether oxygens (including phenoxy) is 2. The molecule has 1 amide bonds. The first-order valence-electron chi connectivity index (χ1n) is 6.96. The van der Waals surface area contributed by atoms with Crippen LogP contribution in [0.1, 0.15) is 23.2 Å². The Labute approximate surface area is 135 Å². The summed E-state index contributed by atoms with van der Waals surface area (Å²) in [6, 6.07) is 4.59. The highest BCUT2D eigenvalue weighted by molar-refractivity contribution is 6.33. The normalized spacial score (nSPS) is 10.3. The number of carbonyl (C=O) groups excluding carboxylic acids is 2. The van der Waals surface area contributed by atoms with Crippen LogP contribution in [0.25, 0.3) is 0 Å². The molecule has 1 rings (SSSR count). The van der Waals surface area contributed by atoms with Crippen LogP contribution in [-0.2, 0) is 14.3 Å². The maximum Gasteiger partial charge on any atom is 0.337 e. The van der Waals surface area contributed by atoms with E-state index in [0.717, 1.165) is 13.0 Å². The molecule has 0 aromatic heterocycles. The van der Waals surface area contributed by atoms with E-state index in [2.05, 4.69) is 15.4 Å². The van der Waals surface area contributed by atoms with Crippen molar-refractivity contribution in [2.75, 3.05) is 39.2 Å². The average Bonchev–Trinajstić information content (AvgIpc) is 2.52. The third kappa shape index (κ3) is 6.43. The number of esters is 1. The maximum absolute atomic E-state index is 11.9. The van der Waals surface area contributed by atoms with Crippen molar-refractivity contribution in [2.24, 2.45) is 0 Å². The molecule has 0 saturated heterocycles. The second-order valence-corrected chi connectivity index (χ2v) is 4.99. The molecule has 1 aromatic rings. The summed E-state index contributed by atoms with van der Waals surface area (Å²) < 4.78 is 9.56. The van der Waals surface area contributed by atoms with Gasteiger partial charge in [0.2, 0.25) is 5.91 Å². The molecule has 0 aliphatic heterocycles. The first kappa shape index (κ1) is 18.4. The van der Waals surface area contributed by atoms with Crippen LogP contribution in [0.3, 0.4) is 0 Å². The van der Waals surface area contributed by atoms with Crippen LogP contribution in [0, 0.1) is 0 Å². The molecule has 6 nitrogen and oxygen atoms in total. The SMILES string of the molecule is COCCCNCCC(=O)Nc1cc(C(=O)OC)ccc1Cl. The lowest BCUT2D eigenvalue weighted by Gasteiger charge is -2.09. The van der Waals surface area contributed by atoms with Gasteiger partial charge in [-0.25, -0.2) is 4.79 Å². The van der Waals surface area contributed by atoms with Gasteiger partial charge in [-0.3, -0.25) is 4.79 Å². The molecule has 0 heterocycles. The predicted octanol–water partition coefficient (Wildman–Crippen LogP) is 2.08. The van der Waals surface area contributed by atoms with Crippen molar-refractivity contribution in [3.05, 3.63) is 28.8 Å². The average molecular weight is 329 g/mol. The van der Waals surface area contributed by atoms with Gasteiger partial charge in [-0.2, -0.15) is 0 Å². The van der Waals surface area contributed by atoms with E-state index in [4.69, 9.17) is 16.3 Å². The number of anilines is 1. The van der Waals surface area contributed by atoms with Crippen molar-refractivity contribution < 1.29 is 19.1 Å². The minimum atomic E-state index is -0.480. The van der Waals surface area contributed by atoms with E-state index in [-0.39, 0.29) is 5.91 Å². The van der Waals surface area contributed by atoms with Gasteiger partial charge in [-0.15, -0.1) is 0 Å². The summed E-state index contributed by atoms with van der Waals surface area (Å²) in [5.74, 6) is -0.657. The summed E-state index contributed by atoms with van der Waals surface area (Å²) in [7, 11) is 2.95. The number of methoxy groups -OCH3 is 2. The van der Waals surface area contributed by atoms with Crippen molar-refractivity contribution >= 4 is 29.2 Å². The van der Waals surface area contributed by atoms with Gasteiger partial charge < -0.3 is 20.1 Å². The number of nitrogens with one attached hydrogen (secondary N) is 2. The lowest BCUT2D eigenvalue weighted by molar-refractivity contribution is -0.116. The van der Waals surface area contributed by atoms with Crippen molar-refractivity contribution in [3.63, 3.8) is 0 Å². The highest BCUT2D eigenvalue weighted by atomic mass is 35.5. The summed E-state index contributed by atoms with van der Waals surface area (Å²) in [5, 5.41) is 6.20. The summed E-state index contributed by atoms with van der Waals surface area (Å²) in [6.45, 7) is 2.04. The van der Waals surface area contributed by atoms with E-state index in [1.165, 1.54) is 13.2 Å². The molecule has 0 unspecified atom stereocenters. The lowest BCUT2D eigenvalue weighted by atomic mass is 10.2. The molecular weight excluding hydrogens is 308 g/mol.